The molecule has 0 unspecified atom stereocenters. The van der Waals surface area contributed by atoms with Crippen molar-refractivity contribution in [2.45, 2.75) is 52.0 Å². The van der Waals surface area contributed by atoms with E-state index in [0.717, 1.165) is 6.54 Å². The molecule has 1 aliphatic carbocycles. The average molecular weight is 286 g/mol. The number of fused-ring (bicyclic) bond motifs is 1. The van der Waals surface area contributed by atoms with Crippen molar-refractivity contribution in [2.75, 3.05) is 5.32 Å². The molecule has 0 bridgehead atoms. The number of benzene rings is 1. The smallest absolute Gasteiger partial charge is 0.0981 e. The molecule has 3 rings (SSSR count). The molecule has 1 N–H and O–H groups in total. The third-order valence-electron chi connectivity index (χ3n) is 3.76. The van der Waals surface area contributed by atoms with Crippen molar-refractivity contribution in [3.8, 4) is 0 Å². The van der Waals surface area contributed by atoms with Gasteiger partial charge in [0.05, 0.1) is 11.6 Å². The minimum absolute atomic E-state index is 0.149. The van der Waals surface area contributed by atoms with Gasteiger partial charge in [-0.15, -0.1) is 11.3 Å². The van der Waals surface area contributed by atoms with Gasteiger partial charge in [-0.25, -0.2) is 4.98 Å². The van der Waals surface area contributed by atoms with E-state index in [1.807, 2.05) is 17.5 Å². The molecular weight excluding hydrogens is 264 g/mol. The second-order valence-electron chi connectivity index (χ2n) is 6.57. The number of hydrogen-bond acceptors (Lipinski definition) is 3. The van der Waals surface area contributed by atoms with E-state index in [0.29, 0.717) is 0 Å². The Balaban J connectivity index is 1.66. The normalized spacial score (nSPS) is 14.3. The van der Waals surface area contributed by atoms with Crippen molar-refractivity contribution in [3.63, 3.8) is 0 Å². The Morgan fingerprint density at radius 2 is 2.00 bits per heavy atom. The highest BCUT2D eigenvalue weighted by atomic mass is 32.1. The summed E-state index contributed by atoms with van der Waals surface area (Å²) in [5, 5.41) is 4.74. The number of aromatic nitrogens is 1. The van der Waals surface area contributed by atoms with E-state index in [1.54, 1.807) is 0 Å². The van der Waals surface area contributed by atoms with E-state index in [1.165, 1.54) is 46.0 Å². The first-order valence-electron chi connectivity index (χ1n) is 7.33. The predicted molar refractivity (Wildman–Crippen MR) is 86.6 cm³/mol. The van der Waals surface area contributed by atoms with Gasteiger partial charge in [0.25, 0.3) is 0 Å². The number of rotatable bonds is 3. The van der Waals surface area contributed by atoms with Crippen molar-refractivity contribution in [3.05, 3.63) is 45.4 Å². The third-order valence-corrected chi connectivity index (χ3v) is 5.18. The minimum atomic E-state index is 0.149. The number of hydrogen-bond donors (Lipinski definition) is 1. The quantitative estimate of drug-likeness (QED) is 0.896. The molecular formula is C17H22N2S. The summed E-state index contributed by atoms with van der Waals surface area (Å²) in [6.45, 7) is 7.50. The molecule has 0 radical (unpaired) electrons. The molecule has 3 heteroatoms. The van der Waals surface area contributed by atoms with Crippen LogP contribution >= 0.6 is 11.3 Å². The fraction of sp³-hybridized carbons (Fsp3) is 0.471. The van der Waals surface area contributed by atoms with Crippen molar-refractivity contribution in [1.82, 2.24) is 4.98 Å². The number of anilines is 1. The zero-order chi connectivity index (χ0) is 14.2. The lowest BCUT2D eigenvalue weighted by atomic mass is 9.98. The van der Waals surface area contributed by atoms with Gasteiger partial charge in [-0.3, -0.25) is 0 Å². The van der Waals surface area contributed by atoms with Crippen molar-refractivity contribution in [2.24, 2.45) is 0 Å². The average Bonchev–Trinajstić information content (AvgIpc) is 3.04. The van der Waals surface area contributed by atoms with Crippen LogP contribution in [0, 0.1) is 0 Å². The Bertz CT molecular complexity index is 608. The minimum Gasteiger partial charge on any atom is -0.380 e. The van der Waals surface area contributed by atoms with Crippen LogP contribution in [0.4, 0.5) is 5.69 Å². The standard InChI is InChI=1S/C17H22N2S/c1-17(2,3)16-19-11-15(20-16)10-18-14-8-7-12-5-4-6-13(12)9-14/h7-9,11,18H,4-6,10H2,1-3H3. The molecule has 1 heterocycles. The third kappa shape index (κ3) is 2.88. The SMILES string of the molecule is CC(C)(C)c1ncc(CNc2ccc3c(c2)CCC3)s1. The van der Waals surface area contributed by atoms with Gasteiger partial charge in [-0.1, -0.05) is 26.8 Å². The Morgan fingerprint density at radius 1 is 1.20 bits per heavy atom. The zero-order valence-corrected chi connectivity index (χ0v) is 13.3. The first-order chi connectivity index (χ1) is 9.52. The van der Waals surface area contributed by atoms with Crippen LogP contribution in [0.1, 0.15) is 48.2 Å². The lowest BCUT2D eigenvalue weighted by molar-refractivity contribution is 0.585. The van der Waals surface area contributed by atoms with E-state index >= 15 is 0 Å². The molecule has 0 fully saturated rings. The maximum Gasteiger partial charge on any atom is 0.0981 e. The summed E-state index contributed by atoms with van der Waals surface area (Å²) in [7, 11) is 0. The van der Waals surface area contributed by atoms with Crippen LogP contribution in [0.2, 0.25) is 0 Å². The van der Waals surface area contributed by atoms with Crippen LogP contribution in [0.5, 0.6) is 0 Å². The monoisotopic (exact) mass is 286 g/mol. The first-order valence-corrected chi connectivity index (χ1v) is 8.15. The maximum atomic E-state index is 4.54. The summed E-state index contributed by atoms with van der Waals surface area (Å²) in [6.07, 6.45) is 5.80. The Kier molecular flexibility index (Phi) is 3.55. The van der Waals surface area contributed by atoms with Gasteiger partial charge in [0, 0.05) is 22.2 Å². The Morgan fingerprint density at radius 3 is 2.75 bits per heavy atom. The topological polar surface area (TPSA) is 24.9 Å². The molecule has 1 aromatic heterocycles. The molecule has 0 spiro atoms. The van der Waals surface area contributed by atoms with E-state index in [2.05, 4.69) is 49.3 Å². The zero-order valence-electron chi connectivity index (χ0n) is 12.5. The maximum absolute atomic E-state index is 4.54. The predicted octanol–water partition coefficient (Wildman–Crippen LogP) is 4.54. The van der Waals surface area contributed by atoms with Crippen LogP contribution in [-0.4, -0.2) is 4.98 Å². The highest BCUT2D eigenvalue weighted by Gasteiger charge is 2.18. The molecule has 2 aromatic rings. The van der Waals surface area contributed by atoms with Gasteiger partial charge in [-0.05, 0) is 42.5 Å². The van der Waals surface area contributed by atoms with Crippen LogP contribution in [0.15, 0.2) is 24.4 Å². The summed E-state index contributed by atoms with van der Waals surface area (Å²) in [6, 6.07) is 6.79. The second-order valence-corrected chi connectivity index (χ2v) is 7.69. The highest BCUT2D eigenvalue weighted by Crippen LogP contribution is 2.28. The molecule has 0 saturated heterocycles. The summed E-state index contributed by atoms with van der Waals surface area (Å²) >= 11 is 1.81. The van der Waals surface area contributed by atoms with E-state index < -0.39 is 0 Å². The van der Waals surface area contributed by atoms with Crippen LogP contribution in [0.3, 0.4) is 0 Å². The lowest BCUT2D eigenvalue weighted by Gasteiger charge is -2.13. The van der Waals surface area contributed by atoms with E-state index in [4.69, 9.17) is 0 Å². The van der Waals surface area contributed by atoms with Gasteiger partial charge < -0.3 is 5.32 Å². The summed E-state index contributed by atoms with van der Waals surface area (Å²) in [4.78, 5) is 5.84. The largest absolute Gasteiger partial charge is 0.380 e. The molecule has 0 saturated carbocycles. The van der Waals surface area contributed by atoms with Gasteiger partial charge in [0.2, 0.25) is 0 Å². The van der Waals surface area contributed by atoms with Gasteiger partial charge in [0.1, 0.15) is 0 Å². The fourth-order valence-corrected chi connectivity index (χ4v) is 3.52. The molecule has 20 heavy (non-hydrogen) atoms. The molecule has 0 atom stereocenters. The Hall–Kier alpha value is -1.35. The van der Waals surface area contributed by atoms with Gasteiger partial charge in [0.15, 0.2) is 0 Å². The van der Waals surface area contributed by atoms with Crippen molar-refractivity contribution >= 4 is 17.0 Å². The highest BCUT2D eigenvalue weighted by molar-refractivity contribution is 7.11. The van der Waals surface area contributed by atoms with E-state index in [9.17, 15) is 0 Å². The second kappa shape index (κ2) is 5.21. The molecule has 106 valence electrons. The molecule has 0 aliphatic heterocycles. The Labute approximate surface area is 125 Å². The molecule has 1 aliphatic rings. The number of nitrogens with zero attached hydrogens (tertiary/aromatic N) is 1. The van der Waals surface area contributed by atoms with E-state index in [-0.39, 0.29) is 5.41 Å². The molecule has 0 amide bonds. The molecule has 2 nitrogen and oxygen atoms in total. The number of nitrogens with one attached hydrogen (secondary N) is 1. The number of aryl methyl sites for hydroxylation is 2. The summed E-state index contributed by atoms with van der Waals surface area (Å²) in [5.41, 5.74) is 4.44. The lowest BCUT2D eigenvalue weighted by Crippen LogP contribution is -2.09. The van der Waals surface area contributed by atoms with Crippen LogP contribution in [0.25, 0.3) is 0 Å². The van der Waals surface area contributed by atoms with Crippen LogP contribution < -0.4 is 5.32 Å². The van der Waals surface area contributed by atoms with Crippen molar-refractivity contribution < 1.29 is 0 Å². The first kappa shape index (κ1) is 13.6. The van der Waals surface area contributed by atoms with Gasteiger partial charge >= 0.3 is 0 Å². The van der Waals surface area contributed by atoms with Gasteiger partial charge in [-0.2, -0.15) is 0 Å². The van der Waals surface area contributed by atoms with Crippen LogP contribution in [-0.2, 0) is 24.8 Å². The summed E-state index contributed by atoms with van der Waals surface area (Å²) in [5.74, 6) is 0. The number of thiazole rings is 1. The summed E-state index contributed by atoms with van der Waals surface area (Å²) < 4.78 is 0. The fourth-order valence-electron chi connectivity index (χ4n) is 2.61. The molecule has 1 aromatic carbocycles. The van der Waals surface area contributed by atoms with Crippen molar-refractivity contribution in [1.29, 1.82) is 0 Å².